The van der Waals surface area contributed by atoms with Crippen LogP contribution in [0.4, 0.5) is 0 Å². The highest BCUT2D eigenvalue weighted by molar-refractivity contribution is 7.90. The average Bonchev–Trinajstić information content (AvgIpc) is 3.24. The van der Waals surface area contributed by atoms with Crippen LogP contribution in [0.1, 0.15) is 43.7 Å². The van der Waals surface area contributed by atoms with Crippen LogP contribution >= 0.6 is 0 Å². The van der Waals surface area contributed by atoms with Crippen molar-refractivity contribution in [1.82, 2.24) is 10.2 Å². The van der Waals surface area contributed by atoms with Crippen molar-refractivity contribution in [3.8, 4) is 0 Å². The van der Waals surface area contributed by atoms with Crippen molar-refractivity contribution >= 4 is 9.84 Å². The fraction of sp³-hybridized carbons (Fsp3) is 0.684. The number of rotatable bonds is 4. The minimum Gasteiger partial charge on any atom is -0.377 e. The molecule has 138 valence electrons. The van der Waals surface area contributed by atoms with Gasteiger partial charge in [0, 0.05) is 32.0 Å². The molecule has 25 heavy (non-hydrogen) atoms. The molecular formula is C19H28N2O3S. The van der Waals surface area contributed by atoms with Crippen LogP contribution in [0.15, 0.2) is 29.2 Å². The number of hydrogen-bond acceptors (Lipinski definition) is 5. The summed E-state index contributed by atoms with van der Waals surface area (Å²) in [6.45, 7) is 3.10. The molecule has 0 bridgehead atoms. The smallest absolute Gasteiger partial charge is 0.175 e. The number of likely N-dealkylation sites (tertiary alicyclic amines) is 1. The second kappa shape index (κ2) is 6.99. The number of nitrogens with zero attached hydrogens (tertiary/aromatic N) is 1. The summed E-state index contributed by atoms with van der Waals surface area (Å²) in [5.41, 5.74) is 1.19. The SMILES string of the molecule is CS(=O)(=O)c1ccc(C2CCC3CCN(CC4CCCO4)C3N2)cc1. The lowest BCUT2D eigenvalue weighted by atomic mass is 9.88. The van der Waals surface area contributed by atoms with Crippen molar-refractivity contribution in [2.45, 2.75) is 55.3 Å². The summed E-state index contributed by atoms with van der Waals surface area (Å²) in [6, 6.07) is 7.70. The van der Waals surface area contributed by atoms with Gasteiger partial charge in [-0.15, -0.1) is 0 Å². The fourth-order valence-electron chi connectivity index (χ4n) is 4.61. The van der Waals surface area contributed by atoms with Crippen LogP contribution in [0.2, 0.25) is 0 Å². The Labute approximate surface area is 150 Å². The predicted molar refractivity (Wildman–Crippen MR) is 97.1 cm³/mol. The van der Waals surface area contributed by atoms with Crippen LogP contribution in [-0.4, -0.2) is 51.5 Å². The zero-order valence-corrected chi connectivity index (χ0v) is 15.7. The molecule has 0 aromatic heterocycles. The van der Waals surface area contributed by atoms with E-state index in [0.29, 0.717) is 23.2 Å². The van der Waals surface area contributed by atoms with Gasteiger partial charge in [-0.3, -0.25) is 10.2 Å². The van der Waals surface area contributed by atoms with Gasteiger partial charge in [-0.1, -0.05) is 12.1 Å². The molecule has 4 rings (SSSR count). The number of sulfone groups is 1. The fourth-order valence-corrected chi connectivity index (χ4v) is 5.24. The Morgan fingerprint density at radius 2 is 1.96 bits per heavy atom. The quantitative estimate of drug-likeness (QED) is 0.889. The maximum atomic E-state index is 11.6. The molecule has 6 heteroatoms. The van der Waals surface area contributed by atoms with Gasteiger partial charge in [-0.25, -0.2) is 8.42 Å². The van der Waals surface area contributed by atoms with Gasteiger partial charge in [-0.2, -0.15) is 0 Å². The number of benzene rings is 1. The molecule has 0 radical (unpaired) electrons. The van der Waals surface area contributed by atoms with Crippen LogP contribution in [0.25, 0.3) is 0 Å². The van der Waals surface area contributed by atoms with E-state index in [1.807, 2.05) is 12.1 Å². The van der Waals surface area contributed by atoms with E-state index in [9.17, 15) is 8.42 Å². The molecule has 3 aliphatic rings. The van der Waals surface area contributed by atoms with E-state index in [4.69, 9.17) is 4.74 Å². The van der Waals surface area contributed by atoms with Crippen molar-refractivity contribution in [2.24, 2.45) is 5.92 Å². The van der Waals surface area contributed by atoms with Gasteiger partial charge < -0.3 is 4.74 Å². The zero-order chi connectivity index (χ0) is 17.4. The molecule has 0 spiro atoms. The van der Waals surface area contributed by atoms with Crippen LogP contribution in [-0.2, 0) is 14.6 Å². The highest BCUT2D eigenvalue weighted by Gasteiger charge is 2.40. The molecule has 5 nitrogen and oxygen atoms in total. The van der Waals surface area contributed by atoms with Crippen LogP contribution in [0.5, 0.6) is 0 Å². The van der Waals surface area contributed by atoms with Gasteiger partial charge in [-0.05, 0) is 55.7 Å². The van der Waals surface area contributed by atoms with Gasteiger partial charge >= 0.3 is 0 Å². The predicted octanol–water partition coefficient (Wildman–Crippen LogP) is 2.34. The average molecular weight is 365 g/mol. The van der Waals surface area contributed by atoms with E-state index in [-0.39, 0.29) is 0 Å². The first-order valence-corrected chi connectivity index (χ1v) is 11.3. The standard InChI is InChI=1S/C19H28N2O3S/c1-25(22,23)17-7-4-14(5-8-17)18-9-6-15-10-11-21(19(15)20-18)13-16-3-2-12-24-16/h4-5,7-8,15-16,18-20H,2-3,6,9-13H2,1H3. The number of hydrogen-bond donors (Lipinski definition) is 1. The van der Waals surface area contributed by atoms with Gasteiger partial charge in [0.25, 0.3) is 0 Å². The maximum Gasteiger partial charge on any atom is 0.175 e. The second-order valence-corrected chi connectivity index (χ2v) is 9.78. The van der Waals surface area contributed by atoms with Crippen LogP contribution in [0.3, 0.4) is 0 Å². The Balaban J connectivity index is 1.44. The Bertz CT molecular complexity index is 698. The number of piperidine rings is 1. The summed E-state index contributed by atoms with van der Waals surface area (Å²) in [5.74, 6) is 0.730. The summed E-state index contributed by atoms with van der Waals surface area (Å²) < 4.78 is 29.1. The lowest BCUT2D eigenvalue weighted by Crippen LogP contribution is -2.50. The van der Waals surface area contributed by atoms with Crippen molar-refractivity contribution in [3.05, 3.63) is 29.8 Å². The van der Waals surface area contributed by atoms with Gasteiger partial charge in [0.15, 0.2) is 9.84 Å². The topological polar surface area (TPSA) is 58.6 Å². The first-order chi connectivity index (χ1) is 12.0. The minimum absolute atomic E-state index is 0.306. The van der Waals surface area contributed by atoms with Gasteiger partial charge in [0.2, 0.25) is 0 Å². The van der Waals surface area contributed by atoms with Gasteiger partial charge in [0.1, 0.15) is 0 Å². The highest BCUT2D eigenvalue weighted by Crippen LogP contribution is 2.37. The molecule has 3 aliphatic heterocycles. The Morgan fingerprint density at radius 1 is 1.16 bits per heavy atom. The van der Waals surface area contributed by atoms with Crippen molar-refractivity contribution in [1.29, 1.82) is 0 Å². The summed E-state index contributed by atoms with van der Waals surface area (Å²) in [5, 5.41) is 3.83. The number of ether oxygens (including phenoxy) is 1. The summed E-state index contributed by atoms with van der Waals surface area (Å²) in [7, 11) is -3.13. The number of fused-ring (bicyclic) bond motifs is 1. The lowest BCUT2D eigenvalue weighted by molar-refractivity contribution is 0.0483. The first kappa shape index (κ1) is 17.5. The first-order valence-electron chi connectivity index (χ1n) is 9.42. The molecule has 0 saturated carbocycles. The molecule has 3 saturated heterocycles. The van der Waals surface area contributed by atoms with Crippen molar-refractivity contribution in [3.63, 3.8) is 0 Å². The third-order valence-electron chi connectivity index (χ3n) is 6.00. The molecular weight excluding hydrogens is 336 g/mol. The Kier molecular flexibility index (Phi) is 4.88. The summed E-state index contributed by atoms with van der Waals surface area (Å²) in [4.78, 5) is 2.96. The monoisotopic (exact) mass is 364 g/mol. The maximum absolute atomic E-state index is 11.6. The summed E-state index contributed by atoms with van der Waals surface area (Å²) in [6.07, 6.45) is 8.08. The van der Waals surface area contributed by atoms with Crippen LogP contribution < -0.4 is 5.32 Å². The highest BCUT2D eigenvalue weighted by atomic mass is 32.2. The van der Waals surface area contributed by atoms with Crippen molar-refractivity contribution in [2.75, 3.05) is 26.0 Å². The van der Waals surface area contributed by atoms with E-state index in [1.165, 1.54) is 37.5 Å². The molecule has 1 N–H and O–H groups in total. The zero-order valence-electron chi connectivity index (χ0n) is 14.9. The van der Waals surface area contributed by atoms with E-state index in [1.54, 1.807) is 12.1 Å². The Hall–Kier alpha value is -0.950. The molecule has 4 unspecified atom stereocenters. The van der Waals surface area contributed by atoms with E-state index in [0.717, 1.165) is 32.0 Å². The van der Waals surface area contributed by atoms with E-state index in [2.05, 4.69) is 10.2 Å². The molecule has 3 fully saturated rings. The normalized spacial score (nSPS) is 33.5. The molecule has 4 atom stereocenters. The number of nitrogens with one attached hydrogen (secondary N) is 1. The molecule has 0 aliphatic carbocycles. The summed E-state index contributed by atoms with van der Waals surface area (Å²) >= 11 is 0. The van der Waals surface area contributed by atoms with Crippen molar-refractivity contribution < 1.29 is 13.2 Å². The molecule has 3 heterocycles. The Morgan fingerprint density at radius 3 is 2.64 bits per heavy atom. The third kappa shape index (κ3) is 3.77. The molecule has 1 aromatic carbocycles. The molecule has 0 amide bonds. The minimum atomic E-state index is -3.13. The largest absolute Gasteiger partial charge is 0.377 e. The van der Waals surface area contributed by atoms with E-state index < -0.39 is 9.84 Å². The van der Waals surface area contributed by atoms with Crippen LogP contribution in [0, 0.1) is 5.92 Å². The third-order valence-corrected chi connectivity index (χ3v) is 7.13. The van der Waals surface area contributed by atoms with E-state index >= 15 is 0 Å². The lowest BCUT2D eigenvalue weighted by Gasteiger charge is -2.38. The van der Waals surface area contributed by atoms with Gasteiger partial charge in [0.05, 0.1) is 17.2 Å². The second-order valence-electron chi connectivity index (χ2n) is 7.76. The molecule has 1 aromatic rings.